The SMILES string of the molecule is CCNc1nc(NCC)nc(NC(N)=O)n1. The molecule has 1 aromatic rings. The van der Waals surface area contributed by atoms with Gasteiger partial charge >= 0.3 is 6.03 Å². The van der Waals surface area contributed by atoms with Gasteiger partial charge in [0.05, 0.1) is 0 Å². The molecule has 0 aliphatic heterocycles. The quantitative estimate of drug-likeness (QED) is 0.569. The van der Waals surface area contributed by atoms with Crippen molar-refractivity contribution in [2.24, 2.45) is 5.73 Å². The lowest BCUT2D eigenvalue weighted by atomic mass is 10.7. The van der Waals surface area contributed by atoms with Gasteiger partial charge in [-0.1, -0.05) is 0 Å². The molecule has 88 valence electrons. The van der Waals surface area contributed by atoms with Gasteiger partial charge in [-0.25, -0.2) is 4.79 Å². The van der Waals surface area contributed by atoms with E-state index in [0.29, 0.717) is 25.0 Å². The molecule has 0 aromatic carbocycles. The van der Waals surface area contributed by atoms with Crippen LogP contribution in [0.25, 0.3) is 0 Å². The summed E-state index contributed by atoms with van der Waals surface area (Å²) in [6.07, 6.45) is 0. The van der Waals surface area contributed by atoms with Crippen molar-refractivity contribution >= 4 is 23.9 Å². The summed E-state index contributed by atoms with van der Waals surface area (Å²) in [5.41, 5.74) is 4.98. The highest BCUT2D eigenvalue weighted by molar-refractivity contribution is 5.85. The molecule has 0 unspecified atom stereocenters. The normalized spacial score (nSPS) is 9.62. The van der Waals surface area contributed by atoms with Crippen LogP contribution in [0.4, 0.5) is 22.6 Å². The second-order valence-corrected chi connectivity index (χ2v) is 2.86. The maximum atomic E-state index is 10.7. The second-order valence-electron chi connectivity index (χ2n) is 2.86. The summed E-state index contributed by atoms with van der Waals surface area (Å²) >= 11 is 0. The van der Waals surface area contributed by atoms with Crippen molar-refractivity contribution in [2.75, 3.05) is 29.0 Å². The Balaban J connectivity index is 2.93. The highest BCUT2D eigenvalue weighted by Gasteiger charge is 2.06. The first kappa shape index (κ1) is 12.0. The van der Waals surface area contributed by atoms with Crippen molar-refractivity contribution < 1.29 is 4.79 Å². The molecular weight excluding hydrogens is 210 g/mol. The Labute approximate surface area is 93.1 Å². The predicted molar refractivity (Wildman–Crippen MR) is 61.4 cm³/mol. The number of primary amides is 1. The number of urea groups is 1. The first-order chi connectivity index (χ1) is 7.65. The standard InChI is InChI=1S/C8H15N7O/c1-3-10-6-13-7(11-4-2)15-8(14-6)12-5(9)16/h3-4H2,1-2H3,(H5,9,10,11,12,13,14,15,16). The number of hydrogen-bond acceptors (Lipinski definition) is 6. The molecule has 1 aromatic heterocycles. The van der Waals surface area contributed by atoms with E-state index in [1.807, 2.05) is 13.8 Å². The van der Waals surface area contributed by atoms with Crippen LogP contribution in [0.1, 0.15) is 13.8 Å². The smallest absolute Gasteiger partial charge is 0.319 e. The molecule has 0 spiro atoms. The first-order valence-corrected chi connectivity index (χ1v) is 4.96. The topological polar surface area (TPSA) is 118 Å². The van der Waals surface area contributed by atoms with Crippen molar-refractivity contribution in [3.8, 4) is 0 Å². The third-order valence-electron chi connectivity index (χ3n) is 1.54. The van der Waals surface area contributed by atoms with Gasteiger partial charge in [0.15, 0.2) is 0 Å². The van der Waals surface area contributed by atoms with Crippen LogP contribution in [0.2, 0.25) is 0 Å². The van der Waals surface area contributed by atoms with E-state index in [4.69, 9.17) is 5.73 Å². The van der Waals surface area contributed by atoms with Crippen molar-refractivity contribution in [1.29, 1.82) is 0 Å². The molecule has 0 aliphatic rings. The van der Waals surface area contributed by atoms with E-state index in [0.717, 1.165) is 0 Å². The van der Waals surface area contributed by atoms with Crippen LogP contribution >= 0.6 is 0 Å². The Morgan fingerprint density at radius 2 is 1.50 bits per heavy atom. The molecule has 8 heteroatoms. The lowest BCUT2D eigenvalue weighted by molar-refractivity contribution is 0.259. The molecule has 0 atom stereocenters. The zero-order valence-electron chi connectivity index (χ0n) is 9.24. The number of carbonyl (C=O) groups excluding carboxylic acids is 1. The summed E-state index contributed by atoms with van der Waals surface area (Å²) in [4.78, 5) is 22.7. The van der Waals surface area contributed by atoms with Crippen LogP contribution in [0, 0.1) is 0 Å². The maximum absolute atomic E-state index is 10.7. The lowest BCUT2D eigenvalue weighted by Gasteiger charge is -2.07. The number of hydrogen-bond donors (Lipinski definition) is 4. The molecule has 0 fully saturated rings. The van der Waals surface area contributed by atoms with Crippen LogP contribution in [0.3, 0.4) is 0 Å². The Kier molecular flexibility index (Phi) is 4.25. The number of nitrogens with zero attached hydrogens (tertiary/aromatic N) is 3. The van der Waals surface area contributed by atoms with Gasteiger partial charge in [0.2, 0.25) is 17.8 Å². The highest BCUT2D eigenvalue weighted by Crippen LogP contribution is 2.08. The van der Waals surface area contributed by atoms with Gasteiger partial charge in [-0.2, -0.15) is 15.0 Å². The number of amides is 2. The molecule has 0 saturated carbocycles. The fourth-order valence-electron chi connectivity index (χ4n) is 1.02. The van der Waals surface area contributed by atoms with E-state index in [1.165, 1.54) is 0 Å². The summed E-state index contributed by atoms with van der Waals surface area (Å²) in [6, 6.07) is -0.712. The second kappa shape index (κ2) is 5.69. The molecule has 5 N–H and O–H groups in total. The van der Waals surface area contributed by atoms with Crippen LogP contribution in [0.5, 0.6) is 0 Å². The molecule has 0 radical (unpaired) electrons. The van der Waals surface area contributed by atoms with E-state index < -0.39 is 6.03 Å². The van der Waals surface area contributed by atoms with E-state index in [-0.39, 0.29) is 5.95 Å². The molecule has 0 saturated heterocycles. The van der Waals surface area contributed by atoms with Gasteiger partial charge < -0.3 is 16.4 Å². The summed E-state index contributed by atoms with van der Waals surface area (Å²) in [5.74, 6) is 0.892. The van der Waals surface area contributed by atoms with E-state index >= 15 is 0 Å². The van der Waals surface area contributed by atoms with Gasteiger partial charge in [-0.05, 0) is 13.8 Å². The minimum atomic E-state index is -0.712. The van der Waals surface area contributed by atoms with Crippen LogP contribution in [0.15, 0.2) is 0 Å². The highest BCUT2D eigenvalue weighted by atomic mass is 16.2. The zero-order chi connectivity index (χ0) is 12.0. The minimum absolute atomic E-state index is 0.120. The monoisotopic (exact) mass is 225 g/mol. The number of anilines is 3. The van der Waals surface area contributed by atoms with E-state index in [9.17, 15) is 4.79 Å². The average molecular weight is 225 g/mol. The van der Waals surface area contributed by atoms with Crippen LogP contribution in [-0.4, -0.2) is 34.1 Å². The average Bonchev–Trinajstić information content (AvgIpc) is 2.17. The van der Waals surface area contributed by atoms with E-state index in [1.54, 1.807) is 0 Å². The fourth-order valence-corrected chi connectivity index (χ4v) is 1.02. The molecule has 1 rings (SSSR count). The Bertz CT molecular complexity index is 343. The van der Waals surface area contributed by atoms with Gasteiger partial charge in [-0.15, -0.1) is 0 Å². The molecule has 16 heavy (non-hydrogen) atoms. The van der Waals surface area contributed by atoms with Gasteiger partial charge in [-0.3, -0.25) is 5.32 Å². The molecule has 8 nitrogen and oxygen atoms in total. The van der Waals surface area contributed by atoms with Gasteiger partial charge in [0, 0.05) is 13.1 Å². The fraction of sp³-hybridized carbons (Fsp3) is 0.500. The Morgan fingerprint density at radius 1 is 1.06 bits per heavy atom. The maximum Gasteiger partial charge on any atom is 0.319 e. The van der Waals surface area contributed by atoms with Crippen LogP contribution in [-0.2, 0) is 0 Å². The van der Waals surface area contributed by atoms with Crippen LogP contribution < -0.4 is 21.7 Å². The Hall–Kier alpha value is -2.12. The number of aromatic nitrogens is 3. The van der Waals surface area contributed by atoms with Gasteiger partial charge in [0.1, 0.15) is 0 Å². The molecule has 0 aliphatic carbocycles. The van der Waals surface area contributed by atoms with Crippen molar-refractivity contribution in [2.45, 2.75) is 13.8 Å². The molecule has 1 heterocycles. The molecular formula is C8H15N7O. The largest absolute Gasteiger partial charge is 0.354 e. The zero-order valence-corrected chi connectivity index (χ0v) is 9.24. The minimum Gasteiger partial charge on any atom is -0.354 e. The predicted octanol–water partition coefficient (Wildman–Crippen LogP) is 0.226. The summed E-state index contributed by atoms with van der Waals surface area (Å²) < 4.78 is 0. The Morgan fingerprint density at radius 3 is 1.88 bits per heavy atom. The third-order valence-corrected chi connectivity index (χ3v) is 1.54. The third kappa shape index (κ3) is 3.56. The number of rotatable bonds is 5. The van der Waals surface area contributed by atoms with Gasteiger partial charge in [0.25, 0.3) is 0 Å². The number of carbonyl (C=O) groups is 1. The summed E-state index contributed by atoms with van der Waals surface area (Å²) in [5, 5.41) is 8.15. The summed E-state index contributed by atoms with van der Waals surface area (Å²) in [7, 11) is 0. The molecule has 2 amide bonds. The lowest BCUT2D eigenvalue weighted by Crippen LogP contribution is -2.22. The number of nitrogens with one attached hydrogen (secondary N) is 3. The van der Waals surface area contributed by atoms with Crippen molar-refractivity contribution in [3.05, 3.63) is 0 Å². The first-order valence-electron chi connectivity index (χ1n) is 4.96. The summed E-state index contributed by atoms with van der Waals surface area (Å²) in [6.45, 7) is 5.17. The number of nitrogens with two attached hydrogens (primary N) is 1. The van der Waals surface area contributed by atoms with E-state index in [2.05, 4.69) is 30.9 Å². The molecule has 0 bridgehead atoms. The van der Waals surface area contributed by atoms with Crippen molar-refractivity contribution in [3.63, 3.8) is 0 Å². The van der Waals surface area contributed by atoms with Crippen molar-refractivity contribution in [1.82, 2.24) is 15.0 Å².